The number of nitrogens with one attached hydrogen (secondary N) is 1. The first kappa shape index (κ1) is 25.3. The summed E-state index contributed by atoms with van der Waals surface area (Å²) in [7, 11) is 0. The molecule has 11 heteroatoms. The average Bonchev–Trinajstić information content (AvgIpc) is 3.46. The lowest BCUT2D eigenvalue weighted by Gasteiger charge is -2.14. The fraction of sp³-hybridized carbons (Fsp3) is 0.214. The van der Waals surface area contributed by atoms with Gasteiger partial charge in [0.05, 0.1) is 21.8 Å². The molecule has 1 N–H and O–H groups in total. The standard InChI is InChI=1S/C28H23ClFN5O3S/c1-3-22-25-21(34-35(22)38-15(2)36)9-8-19-24-27(31-14-32-28(24)39-26(19)25)33-18-7-10-23(20(29)12-18)37-13-16-5-4-6-17(30)11-16/h4-7,10-12,14H,3,8-9,13H2,1-2H3,(H,31,32,33). The van der Waals surface area contributed by atoms with Gasteiger partial charge in [-0.2, -0.15) is 0 Å². The molecule has 5 aromatic rings. The monoisotopic (exact) mass is 563 g/mol. The van der Waals surface area contributed by atoms with Crippen molar-refractivity contribution in [2.75, 3.05) is 5.32 Å². The zero-order chi connectivity index (χ0) is 27.1. The van der Waals surface area contributed by atoms with Crippen molar-refractivity contribution in [1.29, 1.82) is 0 Å². The van der Waals surface area contributed by atoms with Gasteiger partial charge in [-0.25, -0.2) is 19.2 Å². The van der Waals surface area contributed by atoms with Crippen LogP contribution in [0.2, 0.25) is 5.02 Å². The molecule has 0 unspecified atom stereocenters. The van der Waals surface area contributed by atoms with Gasteiger partial charge in [-0.1, -0.05) is 35.5 Å². The largest absolute Gasteiger partial charge is 0.487 e. The summed E-state index contributed by atoms with van der Waals surface area (Å²) < 4.78 is 19.3. The summed E-state index contributed by atoms with van der Waals surface area (Å²) in [6, 6.07) is 11.7. The Morgan fingerprint density at radius 3 is 2.85 bits per heavy atom. The van der Waals surface area contributed by atoms with Crippen LogP contribution < -0.4 is 14.9 Å². The zero-order valence-electron chi connectivity index (χ0n) is 21.1. The van der Waals surface area contributed by atoms with Gasteiger partial charge in [0.25, 0.3) is 0 Å². The number of fused-ring (bicyclic) bond motifs is 5. The van der Waals surface area contributed by atoms with Crippen LogP contribution in [0.3, 0.4) is 0 Å². The third kappa shape index (κ3) is 4.81. The van der Waals surface area contributed by atoms with Crippen LogP contribution in [-0.2, 0) is 30.7 Å². The molecule has 0 fully saturated rings. The number of benzene rings is 2. The van der Waals surface area contributed by atoms with E-state index in [-0.39, 0.29) is 12.4 Å². The van der Waals surface area contributed by atoms with E-state index in [9.17, 15) is 9.18 Å². The van der Waals surface area contributed by atoms with E-state index in [0.29, 0.717) is 35.0 Å². The number of carbonyl (C=O) groups is 1. The van der Waals surface area contributed by atoms with E-state index in [1.165, 1.54) is 30.2 Å². The Labute approximate surface area is 232 Å². The predicted molar refractivity (Wildman–Crippen MR) is 148 cm³/mol. The number of rotatable bonds is 7. The van der Waals surface area contributed by atoms with E-state index < -0.39 is 5.97 Å². The molecule has 6 rings (SSSR count). The number of carbonyl (C=O) groups excluding carboxylic acids is 1. The van der Waals surface area contributed by atoms with Crippen molar-refractivity contribution in [2.24, 2.45) is 0 Å². The second-order valence-electron chi connectivity index (χ2n) is 9.08. The maximum absolute atomic E-state index is 13.5. The Bertz CT molecular complexity index is 1730. The summed E-state index contributed by atoms with van der Waals surface area (Å²) in [5.41, 5.74) is 5.38. The lowest BCUT2D eigenvalue weighted by atomic mass is 9.93. The van der Waals surface area contributed by atoms with Crippen molar-refractivity contribution in [1.82, 2.24) is 19.9 Å². The maximum Gasteiger partial charge on any atom is 0.331 e. The summed E-state index contributed by atoms with van der Waals surface area (Å²) in [6.45, 7) is 3.59. The summed E-state index contributed by atoms with van der Waals surface area (Å²) >= 11 is 8.10. The molecule has 198 valence electrons. The van der Waals surface area contributed by atoms with E-state index in [2.05, 4.69) is 20.4 Å². The molecule has 0 saturated heterocycles. The third-order valence-electron chi connectivity index (χ3n) is 6.47. The Hall–Kier alpha value is -4.02. The van der Waals surface area contributed by atoms with E-state index >= 15 is 0 Å². The number of halogens is 2. The lowest BCUT2D eigenvalue weighted by Crippen LogP contribution is -2.20. The summed E-state index contributed by atoms with van der Waals surface area (Å²) in [6.07, 6.45) is 3.67. The third-order valence-corrected chi connectivity index (χ3v) is 7.93. The molecule has 0 amide bonds. The minimum absolute atomic E-state index is 0.202. The van der Waals surface area contributed by atoms with Crippen LogP contribution in [0.25, 0.3) is 20.7 Å². The zero-order valence-corrected chi connectivity index (χ0v) is 22.7. The van der Waals surface area contributed by atoms with E-state index in [1.807, 2.05) is 13.0 Å². The molecule has 1 aliphatic carbocycles. The molecule has 8 nitrogen and oxygen atoms in total. The first-order valence-electron chi connectivity index (χ1n) is 12.4. The van der Waals surface area contributed by atoms with Crippen LogP contribution in [-0.4, -0.2) is 25.9 Å². The molecule has 0 radical (unpaired) electrons. The van der Waals surface area contributed by atoms with Gasteiger partial charge >= 0.3 is 5.97 Å². The van der Waals surface area contributed by atoms with Gasteiger partial charge in [0, 0.05) is 23.1 Å². The summed E-state index contributed by atoms with van der Waals surface area (Å²) in [4.78, 5) is 29.3. The fourth-order valence-corrected chi connectivity index (χ4v) is 6.33. The van der Waals surface area contributed by atoms with Crippen molar-refractivity contribution in [3.8, 4) is 16.2 Å². The predicted octanol–water partition coefficient (Wildman–Crippen LogP) is 6.31. The SMILES string of the molecule is CCc1c2c(nn1OC(C)=O)CCc1c-2sc2ncnc(Nc3ccc(OCc4cccc(F)c4)c(Cl)c3)c12. The number of hydrogen-bond donors (Lipinski definition) is 1. The van der Waals surface area contributed by atoms with Gasteiger partial charge in [-0.3, -0.25) is 0 Å². The molecule has 0 bridgehead atoms. The molecule has 0 atom stereocenters. The van der Waals surface area contributed by atoms with Crippen LogP contribution in [0.5, 0.6) is 5.75 Å². The highest BCUT2D eigenvalue weighted by molar-refractivity contribution is 7.22. The van der Waals surface area contributed by atoms with E-state index in [0.717, 1.165) is 49.7 Å². The number of hydrogen-bond acceptors (Lipinski definition) is 8. The average molecular weight is 564 g/mol. The lowest BCUT2D eigenvalue weighted by molar-refractivity contribution is -0.143. The number of thiophene rings is 1. The second-order valence-corrected chi connectivity index (χ2v) is 10.5. The molecule has 39 heavy (non-hydrogen) atoms. The van der Waals surface area contributed by atoms with Gasteiger partial charge < -0.3 is 14.9 Å². The first-order chi connectivity index (χ1) is 18.9. The Balaban J connectivity index is 1.30. The fourth-order valence-electron chi connectivity index (χ4n) is 4.82. The van der Waals surface area contributed by atoms with Gasteiger partial charge in [-0.15, -0.1) is 16.4 Å². The molecule has 1 aliphatic rings. The van der Waals surface area contributed by atoms with Crippen LogP contribution in [0.4, 0.5) is 15.9 Å². The molecule has 3 heterocycles. The number of nitrogens with zero attached hydrogens (tertiary/aromatic N) is 4. The van der Waals surface area contributed by atoms with Crippen molar-refractivity contribution in [3.05, 3.63) is 82.1 Å². The van der Waals surface area contributed by atoms with Gasteiger partial charge in [0.1, 0.15) is 35.1 Å². The highest BCUT2D eigenvalue weighted by Gasteiger charge is 2.30. The van der Waals surface area contributed by atoms with Crippen molar-refractivity contribution < 1.29 is 18.8 Å². The van der Waals surface area contributed by atoms with Crippen LogP contribution >= 0.6 is 22.9 Å². The number of ether oxygens (including phenoxy) is 1. The number of aromatic nitrogens is 4. The molecule has 0 aliphatic heterocycles. The van der Waals surface area contributed by atoms with Crippen LogP contribution in [0.15, 0.2) is 48.8 Å². The first-order valence-corrected chi connectivity index (χ1v) is 13.6. The maximum atomic E-state index is 13.5. The van der Waals surface area contributed by atoms with E-state index in [1.54, 1.807) is 35.6 Å². The highest BCUT2D eigenvalue weighted by atomic mass is 35.5. The van der Waals surface area contributed by atoms with Gasteiger partial charge in [0.15, 0.2) is 0 Å². The normalized spacial score (nSPS) is 12.2. The Kier molecular flexibility index (Phi) is 6.66. The summed E-state index contributed by atoms with van der Waals surface area (Å²) in [5, 5.41) is 9.33. The molecular formula is C28H23ClFN5O3S. The number of anilines is 2. The minimum Gasteiger partial charge on any atom is -0.487 e. The smallest absolute Gasteiger partial charge is 0.331 e. The highest BCUT2D eigenvalue weighted by Crippen LogP contribution is 2.46. The van der Waals surface area contributed by atoms with Crippen molar-refractivity contribution in [3.63, 3.8) is 0 Å². The van der Waals surface area contributed by atoms with Crippen LogP contribution in [0, 0.1) is 5.82 Å². The topological polar surface area (TPSA) is 91.2 Å². The Morgan fingerprint density at radius 2 is 2.08 bits per heavy atom. The van der Waals surface area contributed by atoms with Crippen molar-refractivity contribution in [2.45, 2.75) is 39.7 Å². The minimum atomic E-state index is -0.414. The number of aryl methyl sites for hydroxylation is 2. The van der Waals surface area contributed by atoms with Gasteiger partial charge in [-0.05, 0) is 60.7 Å². The second kappa shape index (κ2) is 10.3. The molecule has 2 aromatic carbocycles. The van der Waals surface area contributed by atoms with Crippen LogP contribution in [0.1, 0.15) is 36.4 Å². The molecular weight excluding hydrogens is 541 g/mol. The quantitative estimate of drug-likeness (QED) is 0.248. The molecule has 3 aromatic heterocycles. The van der Waals surface area contributed by atoms with Crippen molar-refractivity contribution >= 4 is 50.6 Å². The van der Waals surface area contributed by atoms with Gasteiger partial charge in [0.2, 0.25) is 0 Å². The molecule has 0 spiro atoms. The summed E-state index contributed by atoms with van der Waals surface area (Å²) in [5.74, 6) is 0.448. The Morgan fingerprint density at radius 1 is 1.21 bits per heavy atom. The van der Waals surface area contributed by atoms with E-state index in [4.69, 9.17) is 21.2 Å². The molecule has 0 saturated carbocycles.